The summed E-state index contributed by atoms with van der Waals surface area (Å²) in [7, 11) is -3.94. The Hall–Kier alpha value is -3.12. The van der Waals surface area contributed by atoms with Crippen LogP contribution >= 0.6 is 0 Å². The zero-order chi connectivity index (χ0) is 24.0. The molecule has 0 bridgehead atoms. The van der Waals surface area contributed by atoms with E-state index in [1.165, 1.54) is 9.87 Å². The average Bonchev–Trinajstić information content (AvgIpc) is 2.82. The summed E-state index contributed by atoms with van der Waals surface area (Å²) in [5.41, 5.74) is 4.56. The summed E-state index contributed by atoms with van der Waals surface area (Å²) >= 11 is 0. The van der Waals surface area contributed by atoms with Crippen LogP contribution in [0.3, 0.4) is 0 Å². The van der Waals surface area contributed by atoms with Crippen LogP contribution in [0.15, 0.2) is 77.7 Å². The van der Waals surface area contributed by atoms with Crippen LogP contribution in [0.5, 0.6) is 0 Å². The normalized spacial score (nSPS) is 12.2. The number of rotatable bonds is 9. The molecule has 0 aliphatic heterocycles. The Morgan fingerprint density at radius 2 is 1.55 bits per heavy atom. The van der Waals surface area contributed by atoms with E-state index in [4.69, 9.17) is 0 Å². The van der Waals surface area contributed by atoms with Crippen LogP contribution < -0.4 is 9.62 Å². The molecule has 0 saturated heterocycles. The van der Waals surface area contributed by atoms with Crippen LogP contribution in [-0.2, 0) is 27.7 Å². The van der Waals surface area contributed by atoms with Crippen molar-refractivity contribution in [3.8, 4) is 0 Å². The van der Waals surface area contributed by atoms with E-state index in [2.05, 4.69) is 12.2 Å². The molecule has 0 aliphatic rings. The van der Waals surface area contributed by atoms with Gasteiger partial charge in [-0.3, -0.25) is 9.10 Å². The maximum Gasteiger partial charge on any atom is 0.264 e. The standard InChI is InChI=1S/C27H32N2O3S/c1-5-22-13-15-24(16-14-22)21(4)28-27(30)19-29(26-10-8-7-9-23(26)6-2)33(31,32)25-17-11-20(3)12-18-25/h7-18,21H,5-6,19H2,1-4H3,(H,28,30). The Morgan fingerprint density at radius 3 is 2.15 bits per heavy atom. The molecule has 0 radical (unpaired) electrons. The molecule has 0 saturated carbocycles. The average molecular weight is 465 g/mol. The van der Waals surface area contributed by atoms with Crippen molar-refractivity contribution in [3.63, 3.8) is 0 Å². The second-order valence-corrected chi connectivity index (χ2v) is 10.1. The van der Waals surface area contributed by atoms with Crippen LogP contribution in [-0.4, -0.2) is 20.9 Å². The second kappa shape index (κ2) is 10.7. The molecule has 3 aromatic rings. The van der Waals surface area contributed by atoms with Crippen molar-refractivity contribution in [2.24, 2.45) is 0 Å². The number of nitrogens with zero attached hydrogens (tertiary/aromatic N) is 1. The zero-order valence-corrected chi connectivity index (χ0v) is 20.5. The molecule has 174 valence electrons. The summed E-state index contributed by atoms with van der Waals surface area (Å²) in [6.07, 6.45) is 1.60. The van der Waals surface area contributed by atoms with E-state index in [0.29, 0.717) is 12.1 Å². The highest BCUT2D eigenvalue weighted by molar-refractivity contribution is 7.92. The number of carbonyl (C=O) groups excluding carboxylic acids is 1. The van der Waals surface area contributed by atoms with E-state index in [1.54, 1.807) is 36.4 Å². The first-order valence-corrected chi connectivity index (χ1v) is 12.8. The summed E-state index contributed by atoms with van der Waals surface area (Å²) in [6.45, 7) is 7.57. The summed E-state index contributed by atoms with van der Waals surface area (Å²) in [6, 6.07) is 21.9. The second-order valence-electron chi connectivity index (χ2n) is 8.19. The lowest BCUT2D eigenvalue weighted by molar-refractivity contribution is -0.120. The molecule has 5 nitrogen and oxygen atoms in total. The first kappa shape index (κ1) is 24.5. The van der Waals surface area contributed by atoms with Gasteiger partial charge in [0.25, 0.3) is 10.0 Å². The summed E-state index contributed by atoms with van der Waals surface area (Å²) < 4.78 is 28.5. The fourth-order valence-electron chi connectivity index (χ4n) is 3.73. The van der Waals surface area contributed by atoms with Crippen LogP contribution in [0.25, 0.3) is 0 Å². The fourth-order valence-corrected chi connectivity index (χ4v) is 5.19. The smallest absolute Gasteiger partial charge is 0.264 e. The molecule has 1 atom stereocenters. The molecule has 6 heteroatoms. The Bertz CT molecular complexity index is 1190. The Morgan fingerprint density at radius 1 is 0.909 bits per heavy atom. The quantitative estimate of drug-likeness (QED) is 0.474. The molecule has 1 amide bonds. The van der Waals surface area contributed by atoms with Crippen molar-refractivity contribution in [1.29, 1.82) is 0 Å². The number of benzene rings is 3. The monoisotopic (exact) mass is 464 g/mol. The highest BCUT2D eigenvalue weighted by Gasteiger charge is 2.29. The molecule has 3 aromatic carbocycles. The Kier molecular flexibility index (Phi) is 7.92. The van der Waals surface area contributed by atoms with E-state index in [1.807, 2.05) is 57.2 Å². The van der Waals surface area contributed by atoms with E-state index >= 15 is 0 Å². The third-order valence-corrected chi connectivity index (χ3v) is 7.58. The minimum atomic E-state index is -3.94. The van der Waals surface area contributed by atoms with Gasteiger partial charge < -0.3 is 5.32 Å². The predicted molar refractivity (Wildman–Crippen MR) is 134 cm³/mol. The number of anilines is 1. The van der Waals surface area contributed by atoms with Gasteiger partial charge in [-0.05, 0) is 61.6 Å². The number of aryl methyl sites for hydroxylation is 3. The number of hydrogen-bond donors (Lipinski definition) is 1. The molecule has 0 aromatic heterocycles. The lowest BCUT2D eigenvalue weighted by Gasteiger charge is -2.27. The molecule has 0 spiro atoms. The summed E-state index contributed by atoms with van der Waals surface area (Å²) in [4.78, 5) is 13.2. The van der Waals surface area contributed by atoms with Gasteiger partial charge in [0.15, 0.2) is 0 Å². The van der Waals surface area contributed by atoms with Crippen LogP contribution in [0, 0.1) is 6.92 Å². The lowest BCUT2D eigenvalue weighted by Crippen LogP contribution is -2.42. The van der Waals surface area contributed by atoms with Gasteiger partial charge >= 0.3 is 0 Å². The minimum Gasteiger partial charge on any atom is -0.348 e. The minimum absolute atomic E-state index is 0.162. The fraction of sp³-hybridized carbons (Fsp3) is 0.296. The number of para-hydroxylation sites is 1. The van der Waals surface area contributed by atoms with E-state index in [9.17, 15) is 13.2 Å². The summed E-state index contributed by atoms with van der Waals surface area (Å²) in [5, 5.41) is 2.96. The van der Waals surface area contributed by atoms with Gasteiger partial charge in [-0.1, -0.05) is 74.0 Å². The van der Waals surface area contributed by atoms with Crippen molar-refractivity contribution < 1.29 is 13.2 Å². The number of amides is 1. The molecule has 3 rings (SSSR count). The Balaban J connectivity index is 1.90. The predicted octanol–water partition coefficient (Wildman–Crippen LogP) is 5.19. The van der Waals surface area contributed by atoms with E-state index < -0.39 is 10.0 Å². The van der Waals surface area contributed by atoms with Gasteiger partial charge in [0, 0.05) is 0 Å². The number of hydrogen-bond acceptors (Lipinski definition) is 3. The van der Waals surface area contributed by atoms with Crippen molar-refractivity contribution in [1.82, 2.24) is 5.32 Å². The number of sulfonamides is 1. The van der Waals surface area contributed by atoms with Gasteiger partial charge in [0.1, 0.15) is 6.54 Å². The first-order chi connectivity index (χ1) is 15.8. The molecule has 1 unspecified atom stereocenters. The molecular weight excluding hydrogens is 432 g/mol. The van der Waals surface area contributed by atoms with Gasteiger partial charge in [0.05, 0.1) is 16.6 Å². The maximum atomic E-state index is 13.6. The van der Waals surface area contributed by atoms with Crippen LogP contribution in [0.2, 0.25) is 0 Å². The third kappa shape index (κ3) is 5.82. The van der Waals surface area contributed by atoms with Crippen molar-refractivity contribution in [2.75, 3.05) is 10.8 Å². The SMILES string of the molecule is CCc1ccc(C(C)NC(=O)CN(c2ccccc2CC)S(=O)(=O)c2ccc(C)cc2)cc1. The van der Waals surface area contributed by atoms with E-state index in [0.717, 1.165) is 23.1 Å². The first-order valence-electron chi connectivity index (χ1n) is 11.3. The maximum absolute atomic E-state index is 13.6. The molecule has 0 fully saturated rings. The number of carbonyl (C=O) groups is 1. The van der Waals surface area contributed by atoms with Crippen molar-refractivity contribution in [2.45, 2.75) is 51.5 Å². The molecule has 1 N–H and O–H groups in total. The Labute approximate surface area is 197 Å². The topological polar surface area (TPSA) is 66.5 Å². The molecule has 33 heavy (non-hydrogen) atoms. The highest BCUT2D eigenvalue weighted by Crippen LogP contribution is 2.28. The van der Waals surface area contributed by atoms with Gasteiger partial charge in [-0.25, -0.2) is 8.42 Å². The largest absolute Gasteiger partial charge is 0.348 e. The molecule has 0 aliphatic carbocycles. The van der Waals surface area contributed by atoms with Crippen LogP contribution in [0.4, 0.5) is 5.69 Å². The molecular formula is C27H32N2O3S. The van der Waals surface area contributed by atoms with Gasteiger partial charge in [0.2, 0.25) is 5.91 Å². The van der Waals surface area contributed by atoms with Crippen molar-refractivity contribution >= 4 is 21.6 Å². The van der Waals surface area contributed by atoms with Crippen molar-refractivity contribution in [3.05, 3.63) is 95.1 Å². The highest BCUT2D eigenvalue weighted by atomic mass is 32.2. The van der Waals surface area contributed by atoms with Gasteiger partial charge in [-0.15, -0.1) is 0 Å². The van der Waals surface area contributed by atoms with E-state index in [-0.39, 0.29) is 23.4 Å². The van der Waals surface area contributed by atoms with Gasteiger partial charge in [-0.2, -0.15) is 0 Å². The molecule has 0 heterocycles. The zero-order valence-electron chi connectivity index (χ0n) is 19.7. The van der Waals surface area contributed by atoms with Crippen LogP contribution in [0.1, 0.15) is 49.1 Å². The summed E-state index contributed by atoms with van der Waals surface area (Å²) in [5.74, 6) is -0.358. The third-order valence-electron chi connectivity index (χ3n) is 5.80. The number of nitrogens with one attached hydrogen (secondary N) is 1. The lowest BCUT2D eigenvalue weighted by atomic mass is 10.1.